The van der Waals surface area contributed by atoms with Crippen molar-refractivity contribution >= 4 is 11.8 Å². The summed E-state index contributed by atoms with van der Waals surface area (Å²) in [6, 6.07) is 27.7. The van der Waals surface area contributed by atoms with Crippen molar-refractivity contribution in [2.75, 3.05) is 105 Å². The van der Waals surface area contributed by atoms with Gasteiger partial charge in [-0.2, -0.15) is 0 Å². The lowest BCUT2D eigenvalue weighted by molar-refractivity contribution is 0.00836. The van der Waals surface area contributed by atoms with Crippen molar-refractivity contribution in [3.63, 3.8) is 0 Å². The Morgan fingerprint density at radius 2 is 0.845 bits per heavy atom. The van der Waals surface area contributed by atoms with E-state index in [1.165, 1.54) is 24.3 Å². The molecule has 2 amide bonds. The van der Waals surface area contributed by atoms with E-state index >= 15 is 0 Å². The van der Waals surface area contributed by atoms with Crippen LogP contribution in [0.1, 0.15) is 32.1 Å². The maximum absolute atomic E-state index is 13.1. The number of hydrogen-bond acceptors (Lipinski definition) is 12. The van der Waals surface area contributed by atoms with E-state index in [0.29, 0.717) is 105 Å². The molecule has 2 N–H and O–H groups in total. The molecule has 0 spiro atoms. The molecule has 0 aliphatic carbocycles. The van der Waals surface area contributed by atoms with Crippen LogP contribution in [0.15, 0.2) is 107 Å². The van der Waals surface area contributed by atoms with Gasteiger partial charge in [0.05, 0.1) is 52.9 Å². The summed E-state index contributed by atoms with van der Waals surface area (Å²) in [4.78, 5) is 67.0. The highest BCUT2D eigenvalue weighted by atomic mass is 16.7. The van der Waals surface area contributed by atoms with E-state index in [9.17, 15) is 19.2 Å². The zero-order valence-electron chi connectivity index (χ0n) is 32.8. The van der Waals surface area contributed by atoms with Crippen molar-refractivity contribution in [2.45, 2.75) is 13.2 Å². The van der Waals surface area contributed by atoms with Crippen molar-refractivity contribution in [3.8, 4) is 0 Å². The number of hydrogen-bond donors (Lipinski definition) is 2. The van der Waals surface area contributed by atoms with E-state index in [4.69, 9.17) is 28.6 Å². The van der Waals surface area contributed by atoms with Crippen LogP contribution in [0, 0.1) is 0 Å². The molecule has 1 aliphatic rings. The predicted molar refractivity (Wildman–Crippen MR) is 216 cm³/mol. The summed E-state index contributed by atoms with van der Waals surface area (Å²) in [7, 11) is 0. The normalized spacial score (nSPS) is 15.7. The van der Waals surface area contributed by atoms with Gasteiger partial charge in [-0.3, -0.25) is 29.0 Å². The minimum absolute atomic E-state index is 0.117. The van der Waals surface area contributed by atoms with Crippen LogP contribution in [0.4, 0.5) is 0 Å². The Bertz CT molecular complexity index is 1770. The van der Waals surface area contributed by atoms with Crippen molar-refractivity contribution < 1.29 is 38.2 Å². The van der Waals surface area contributed by atoms with Crippen LogP contribution in [-0.2, 0) is 32.2 Å². The molecule has 0 atom stereocenters. The van der Waals surface area contributed by atoms with Gasteiger partial charge < -0.3 is 39.3 Å². The van der Waals surface area contributed by atoms with Gasteiger partial charge in [-0.1, -0.05) is 72.8 Å². The monoisotopic (exact) mass is 802 g/mol. The number of ether oxygens (including phenoxy) is 4. The molecular weight excluding hydrogens is 748 g/mol. The Kier molecular flexibility index (Phi) is 18.9. The van der Waals surface area contributed by atoms with Crippen LogP contribution in [0.25, 0.3) is 0 Å². The molecule has 16 heteroatoms. The quantitative estimate of drug-likeness (QED) is 0.187. The lowest BCUT2D eigenvalue weighted by Crippen LogP contribution is -2.41. The lowest BCUT2D eigenvalue weighted by Gasteiger charge is -2.24. The summed E-state index contributed by atoms with van der Waals surface area (Å²) in [5.41, 5.74) is 1.12. The first-order valence-electron chi connectivity index (χ1n) is 19.6. The van der Waals surface area contributed by atoms with Gasteiger partial charge in [-0.05, 0) is 23.3 Å². The van der Waals surface area contributed by atoms with Gasteiger partial charge in [0.15, 0.2) is 0 Å². The van der Waals surface area contributed by atoms with Crippen LogP contribution in [0.2, 0.25) is 0 Å². The van der Waals surface area contributed by atoms with Crippen LogP contribution in [0.5, 0.6) is 0 Å². The van der Waals surface area contributed by atoms with Crippen LogP contribution < -0.4 is 31.4 Å². The minimum atomic E-state index is -0.429. The molecule has 0 unspecified atom stereocenters. The van der Waals surface area contributed by atoms with E-state index in [0.717, 1.165) is 20.6 Å². The van der Waals surface area contributed by atoms with Crippen molar-refractivity contribution in [2.24, 2.45) is 0 Å². The van der Waals surface area contributed by atoms with Crippen LogP contribution in [-0.4, -0.2) is 136 Å². The van der Waals surface area contributed by atoms with Crippen molar-refractivity contribution in [3.05, 3.63) is 140 Å². The molecule has 0 saturated carbocycles. The standard InChI is InChI=1S/C42H54N6O10/c49-39-15-7-13-37(47(39)57-33-35-9-3-1-4-10-35)41(51)43-17-19-45-21-25-53-29-31-55-27-23-46(24-28-56-32-30-54-26-22-45)20-18-44-42(52)38-14-8-16-40(50)48(38)58-34-36-11-5-2-6-12-36/h1-16H,17-34H2,(H,43,51)(H,44,52). The molecule has 4 aromatic rings. The average molecular weight is 803 g/mol. The maximum Gasteiger partial charge on any atom is 0.283 e. The minimum Gasteiger partial charge on any atom is -0.405 e. The summed E-state index contributed by atoms with van der Waals surface area (Å²) in [5, 5.41) is 5.81. The molecule has 2 aromatic heterocycles. The number of rotatable bonds is 14. The smallest absolute Gasteiger partial charge is 0.283 e. The number of pyridine rings is 2. The van der Waals surface area contributed by atoms with Crippen molar-refractivity contribution in [1.29, 1.82) is 0 Å². The second-order valence-electron chi connectivity index (χ2n) is 13.2. The molecule has 2 aromatic carbocycles. The molecule has 0 radical (unpaired) electrons. The topological polar surface area (TPSA) is 164 Å². The van der Waals surface area contributed by atoms with Gasteiger partial charge in [-0.15, -0.1) is 9.46 Å². The SMILES string of the molecule is O=C(NCCN1CCOCCOCCN(CCNC(=O)c2cccc(=O)n2OCc2ccccc2)CCOCCOCC1)c1cccc(=O)n1OCc1ccccc1. The van der Waals surface area contributed by atoms with Gasteiger partial charge in [-0.25, -0.2) is 0 Å². The molecule has 5 rings (SSSR count). The number of benzene rings is 2. The highest BCUT2D eigenvalue weighted by Gasteiger charge is 2.16. The number of amides is 2. The first-order valence-corrected chi connectivity index (χ1v) is 19.6. The van der Waals surface area contributed by atoms with Gasteiger partial charge in [0.1, 0.15) is 24.6 Å². The molecule has 1 aliphatic heterocycles. The zero-order valence-corrected chi connectivity index (χ0v) is 32.8. The molecule has 1 fully saturated rings. The molecule has 58 heavy (non-hydrogen) atoms. The summed E-state index contributed by atoms with van der Waals surface area (Å²) < 4.78 is 25.5. The largest absolute Gasteiger partial charge is 0.405 e. The van der Waals surface area contributed by atoms with Crippen molar-refractivity contribution in [1.82, 2.24) is 29.9 Å². The second kappa shape index (κ2) is 25.1. The van der Waals surface area contributed by atoms with Gasteiger partial charge in [0.25, 0.3) is 22.9 Å². The number of nitrogens with one attached hydrogen (secondary N) is 2. The highest BCUT2D eigenvalue weighted by Crippen LogP contribution is 2.03. The second-order valence-corrected chi connectivity index (χ2v) is 13.2. The first kappa shape index (κ1) is 43.8. The third-order valence-corrected chi connectivity index (χ3v) is 9.07. The fourth-order valence-electron chi connectivity index (χ4n) is 5.91. The Labute approximate surface area is 338 Å². The molecule has 3 heterocycles. The Morgan fingerprint density at radius 3 is 1.21 bits per heavy atom. The van der Waals surface area contributed by atoms with E-state index < -0.39 is 22.9 Å². The number of carbonyl (C=O) groups excluding carboxylic acids is 2. The zero-order chi connectivity index (χ0) is 40.6. The fourth-order valence-corrected chi connectivity index (χ4v) is 5.91. The van der Waals surface area contributed by atoms with E-state index in [-0.39, 0.29) is 24.6 Å². The molecule has 1 saturated heterocycles. The Balaban J connectivity index is 1.02. The molecular formula is C42H54N6O10. The lowest BCUT2D eigenvalue weighted by atomic mass is 10.2. The number of aromatic nitrogens is 2. The first-order chi connectivity index (χ1) is 28.5. The Hall–Kier alpha value is -5.36. The maximum atomic E-state index is 13.1. The van der Waals surface area contributed by atoms with Gasteiger partial charge in [0, 0.05) is 64.5 Å². The summed E-state index contributed by atoms with van der Waals surface area (Å²) in [6.07, 6.45) is 0. The van der Waals surface area contributed by atoms with Gasteiger partial charge in [0.2, 0.25) is 0 Å². The number of carbonyl (C=O) groups is 2. The Morgan fingerprint density at radius 1 is 0.483 bits per heavy atom. The third kappa shape index (κ3) is 15.2. The molecule has 16 nitrogen and oxygen atoms in total. The summed E-state index contributed by atoms with van der Waals surface area (Å²) >= 11 is 0. The van der Waals surface area contributed by atoms with E-state index in [1.807, 2.05) is 60.7 Å². The van der Waals surface area contributed by atoms with Crippen LogP contribution >= 0.6 is 0 Å². The molecule has 0 bridgehead atoms. The summed E-state index contributed by atoms with van der Waals surface area (Å²) in [5.74, 6) is -0.831. The van der Waals surface area contributed by atoms with Gasteiger partial charge >= 0.3 is 0 Å². The molecule has 312 valence electrons. The predicted octanol–water partition coefficient (Wildman–Crippen LogP) is 1.11. The van der Waals surface area contributed by atoms with Crippen LogP contribution in [0.3, 0.4) is 0 Å². The third-order valence-electron chi connectivity index (χ3n) is 9.07. The van der Waals surface area contributed by atoms with E-state index in [2.05, 4.69) is 20.4 Å². The summed E-state index contributed by atoms with van der Waals surface area (Å²) in [6.45, 7) is 8.01. The average Bonchev–Trinajstić information content (AvgIpc) is 3.24. The number of nitrogens with zero attached hydrogens (tertiary/aromatic N) is 4. The fraction of sp³-hybridized carbons (Fsp3) is 0.429. The van der Waals surface area contributed by atoms with E-state index in [1.54, 1.807) is 12.1 Å². The highest BCUT2D eigenvalue weighted by molar-refractivity contribution is 5.92.